The first-order valence-corrected chi connectivity index (χ1v) is 10.1. The summed E-state index contributed by atoms with van der Waals surface area (Å²) < 4.78 is 5.58. The van der Waals surface area contributed by atoms with Crippen LogP contribution in [0.15, 0.2) is 36.4 Å². The highest BCUT2D eigenvalue weighted by Gasteiger charge is 2.49. The van der Waals surface area contributed by atoms with Gasteiger partial charge >= 0.3 is 6.03 Å². The molecule has 1 atom stereocenters. The molecule has 7 nitrogen and oxygen atoms in total. The lowest BCUT2D eigenvalue weighted by Crippen LogP contribution is -2.45. The quantitative estimate of drug-likeness (QED) is 0.545. The van der Waals surface area contributed by atoms with Gasteiger partial charge in [-0.3, -0.25) is 14.5 Å². The molecule has 2 fully saturated rings. The zero-order valence-electron chi connectivity index (χ0n) is 17.1. The number of rotatable bonds is 7. The van der Waals surface area contributed by atoms with Crippen molar-refractivity contribution >= 4 is 17.8 Å². The van der Waals surface area contributed by atoms with Gasteiger partial charge in [0.25, 0.3) is 5.91 Å². The molecular formula is C22H29N3O4. The SMILES string of the molecule is C=C(C)COc1ccc(C2(C)NC(=O)N(CC(=O)NC3CCCCC3)C2=O)cc1. The number of ether oxygens (including phenoxy) is 1. The molecule has 1 aromatic rings. The first-order chi connectivity index (χ1) is 13.8. The van der Waals surface area contributed by atoms with Gasteiger partial charge in [0.15, 0.2) is 0 Å². The average Bonchev–Trinajstić information content (AvgIpc) is 2.91. The predicted molar refractivity (Wildman–Crippen MR) is 109 cm³/mol. The predicted octanol–water partition coefficient (Wildman–Crippen LogP) is 2.86. The fraction of sp³-hybridized carbons (Fsp3) is 0.500. The highest BCUT2D eigenvalue weighted by Crippen LogP contribution is 2.30. The number of carbonyl (C=O) groups excluding carboxylic acids is 3. The standard InChI is InChI=1S/C22H29N3O4/c1-15(2)14-29-18-11-9-16(10-12-18)22(3)20(27)25(21(28)24-22)13-19(26)23-17-7-5-4-6-8-17/h9-12,17H,1,4-8,13-14H2,2-3H3,(H,23,26)(H,24,28). The number of nitrogens with zero attached hydrogens (tertiary/aromatic N) is 1. The van der Waals surface area contributed by atoms with Crippen LogP contribution in [-0.2, 0) is 15.1 Å². The molecule has 29 heavy (non-hydrogen) atoms. The maximum absolute atomic E-state index is 13.0. The van der Waals surface area contributed by atoms with Crippen molar-refractivity contribution in [3.8, 4) is 5.75 Å². The van der Waals surface area contributed by atoms with Crippen LogP contribution in [0, 0.1) is 0 Å². The van der Waals surface area contributed by atoms with E-state index in [1.165, 1.54) is 6.42 Å². The number of hydrogen-bond donors (Lipinski definition) is 2. The molecule has 1 saturated heterocycles. The summed E-state index contributed by atoms with van der Waals surface area (Å²) in [7, 11) is 0. The number of benzene rings is 1. The summed E-state index contributed by atoms with van der Waals surface area (Å²) in [5, 5.41) is 5.68. The minimum absolute atomic E-state index is 0.134. The Kier molecular flexibility index (Phi) is 6.25. The molecule has 4 amide bonds. The Bertz CT molecular complexity index is 799. The smallest absolute Gasteiger partial charge is 0.325 e. The van der Waals surface area contributed by atoms with Crippen LogP contribution in [0.3, 0.4) is 0 Å². The van der Waals surface area contributed by atoms with Crippen LogP contribution in [0.5, 0.6) is 5.75 Å². The molecule has 0 radical (unpaired) electrons. The van der Waals surface area contributed by atoms with Crippen molar-refractivity contribution in [1.82, 2.24) is 15.5 Å². The van der Waals surface area contributed by atoms with E-state index in [4.69, 9.17) is 4.74 Å². The van der Waals surface area contributed by atoms with Crippen molar-refractivity contribution in [1.29, 1.82) is 0 Å². The molecule has 0 aromatic heterocycles. The molecule has 156 valence electrons. The van der Waals surface area contributed by atoms with Crippen molar-refractivity contribution in [2.24, 2.45) is 0 Å². The number of amides is 4. The van der Waals surface area contributed by atoms with Crippen LogP contribution in [0.4, 0.5) is 4.79 Å². The maximum atomic E-state index is 13.0. The fourth-order valence-electron chi connectivity index (χ4n) is 3.79. The minimum Gasteiger partial charge on any atom is -0.489 e. The topological polar surface area (TPSA) is 87.7 Å². The van der Waals surface area contributed by atoms with E-state index in [0.29, 0.717) is 17.9 Å². The normalized spacial score (nSPS) is 22.3. The number of urea groups is 1. The van der Waals surface area contributed by atoms with Crippen molar-refractivity contribution < 1.29 is 19.1 Å². The lowest BCUT2D eigenvalue weighted by atomic mass is 9.92. The van der Waals surface area contributed by atoms with E-state index in [9.17, 15) is 14.4 Å². The van der Waals surface area contributed by atoms with Gasteiger partial charge in [0.2, 0.25) is 5.91 Å². The second-order valence-electron chi connectivity index (χ2n) is 8.12. The van der Waals surface area contributed by atoms with Gasteiger partial charge in [0.1, 0.15) is 24.4 Å². The van der Waals surface area contributed by atoms with E-state index in [0.717, 1.165) is 36.2 Å². The largest absolute Gasteiger partial charge is 0.489 e. The molecule has 1 aliphatic heterocycles. The van der Waals surface area contributed by atoms with Crippen molar-refractivity contribution in [3.63, 3.8) is 0 Å². The molecule has 2 N–H and O–H groups in total. The summed E-state index contributed by atoms with van der Waals surface area (Å²) in [5.74, 6) is -0.0778. The zero-order valence-corrected chi connectivity index (χ0v) is 17.1. The second kappa shape index (κ2) is 8.68. The van der Waals surface area contributed by atoms with Gasteiger partial charge in [-0.25, -0.2) is 4.79 Å². The van der Waals surface area contributed by atoms with E-state index in [2.05, 4.69) is 17.2 Å². The summed E-state index contributed by atoms with van der Waals surface area (Å²) in [6.45, 7) is 7.46. The van der Waals surface area contributed by atoms with Gasteiger partial charge in [0, 0.05) is 6.04 Å². The molecule has 7 heteroatoms. The van der Waals surface area contributed by atoms with E-state index >= 15 is 0 Å². The van der Waals surface area contributed by atoms with Crippen LogP contribution in [0.2, 0.25) is 0 Å². The molecule has 1 aliphatic carbocycles. The van der Waals surface area contributed by atoms with Crippen LogP contribution in [0.1, 0.15) is 51.5 Å². The number of imide groups is 1. The average molecular weight is 399 g/mol. The fourth-order valence-corrected chi connectivity index (χ4v) is 3.79. The molecule has 1 aromatic carbocycles. The van der Waals surface area contributed by atoms with E-state index < -0.39 is 17.5 Å². The first kappa shape index (κ1) is 20.9. The minimum atomic E-state index is -1.21. The molecule has 3 rings (SSSR count). The molecular weight excluding hydrogens is 370 g/mol. The van der Waals surface area contributed by atoms with Crippen LogP contribution < -0.4 is 15.4 Å². The lowest BCUT2D eigenvalue weighted by Gasteiger charge is -2.24. The summed E-state index contributed by atoms with van der Waals surface area (Å²) in [5.41, 5.74) is 0.324. The molecule has 1 saturated carbocycles. The Morgan fingerprint density at radius 1 is 1.24 bits per heavy atom. The molecule has 1 unspecified atom stereocenters. The Balaban J connectivity index is 1.65. The Labute approximate surface area is 171 Å². The van der Waals surface area contributed by atoms with Gasteiger partial charge in [-0.1, -0.05) is 38.0 Å². The molecule has 1 heterocycles. The van der Waals surface area contributed by atoms with Gasteiger partial charge in [0.05, 0.1) is 0 Å². The van der Waals surface area contributed by atoms with E-state index in [1.807, 2.05) is 6.92 Å². The number of nitrogens with one attached hydrogen (secondary N) is 2. The van der Waals surface area contributed by atoms with Gasteiger partial charge < -0.3 is 15.4 Å². The first-order valence-electron chi connectivity index (χ1n) is 10.1. The Hall–Kier alpha value is -2.83. The van der Waals surface area contributed by atoms with Crippen molar-refractivity contribution in [2.75, 3.05) is 13.2 Å². The Morgan fingerprint density at radius 3 is 2.52 bits per heavy atom. The molecule has 0 spiro atoms. The maximum Gasteiger partial charge on any atom is 0.325 e. The third-order valence-corrected chi connectivity index (χ3v) is 5.46. The second-order valence-corrected chi connectivity index (χ2v) is 8.12. The van der Waals surface area contributed by atoms with E-state index in [1.54, 1.807) is 31.2 Å². The molecule has 2 aliphatic rings. The number of hydrogen-bond acceptors (Lipinski definition) is 4. The summed E-state index contributed by atoms with van der Waals surface area (Å²) in [6, 6.07) is 6.58. The summed E-state index contributed by atoms with van der Waals surface area (Å²) >= 11 is 0. The van der Waals surface area contributed by atoms with Gasteiger partial charge in [-0.15, -0.1) is 0 Å². The van der Waals surface area contributed by atoms with Crippen LogP contribution in [-0.4, -0.2) is 41.9 Å². The molecule has 0 bridgehead atoms. The van der Waals surface area contributed by atoms with Crippen molar-refractivity contribution in [2.45, 2.75) is 57.5 Å². The third kappa shape index (κ3) is 4.78. The van der Waals surface area contributed by atoms with E-state index in [-0.39, 0.29) is 18.5 Å². The van der Waals surface area contributed by atoms with Crippen molar-refractivity contribution in [3.05, 3.63) is 42.0 Å². The van der Waals surface area contributed by atoms with Crippen LogP contribution in [0.25, 0.3) is 0 Å². The van der Waals surface area contributed by atoms with Gasteiger partial charge in [-0.2, -0.15) is 0 Å². The van der Waals surface area contributed by atoms with Gasteiger partial charge in [-0.05, 0) is 50.0 Å². The Morgan fingerprint density at radius 2 is 1.90 bits per heavy atom. The monoisotopic (exact) mass is 399 g/mol. The highest BCUT2D eigenvalue weighted by molar-refractivity contribution is 6.09. The van der Waals surface area contributed by atoms with Crippen LogP contribution >= 0.6 is 0 Å². The third-order valence-electron chi connectivity index (χ3n) is 5.46. The summed E-state index contributed by atoms with van der Waals surface area (Å²) in [6.07, 6.45) is 5.28. The number of carbonyl (C=O) groups is 3. The zero-order chi connectivity index (χ0) is 21.0. The summed E-state index contributed by atoms with van der Waals surface area (Å²) in [4.78, 5) is 38.8. The highest BCUT2D eigenvalue weighted by atomic mass is 16.5. The lowest BCUT2D eigenvalue weighted by molar-refractivity contribution is -0.135.